The summed E-state index contributed by atoms with van der Waals surface area (Å²) < 4.78 is 31.6. The number of rotatable bonds is 19. The van der Waals surface area contributed by atoms with E-state index in [1.807, 2.05) is 18.2 Å². The van der Waals surface area contributed by atoms with E-state index >= 15 is 0 Å². The van der Waals surface area contributed by atoms with E-state index in [4.69, 9.17) is 14.2 Å². The lowest BCUT2D eigenvalue weighted by Gasteiger charge is -2.17. The van der Waals surface area contributed by atoms with Crippen LogP contribution in [0.1, 0.15) is 64.4 Å². The SMILES string of the molecule is C=C(C)C(=O)OCCCc1cc(-c2ccc(OCCCCCCCC)c(F)c2)ccc1OCC(CO)CO. The van der Waals surface area contributed by atoms with Crippen LogP contribution in [0.3, 0.4) is 0 Å². The third-order valence-electron chi connectivity index (χ3n) is 6.24. The van der Waals surface area contributed by atoms with Gasteiger partial charge in [0.25, 0.3) is 0 Å². The molecule has 0 aromatic heterocycles. The highest BCUT2D eigenvalue weighted by Gasteiger charge is 2.13. The third-order valence-corrected chi connectivity index (χ3v) is 6.24. The van der Waals surface area contributed by atoms with Crippen LogP contribution in [0.15, 0.2) is 48.6 Å². The predicted molar refractivity (Wildman–Crippen MR) is 148 cm³/mol. The van der Waals surface area contributed by atoms with Crippen LogP contribution in [0.4, 0.5) is 4.39 Å². The van der Waals surface area contributed by atoms with Gasteiger partial charge in [0, 0.05) is 11.5 Å². The van der Waals surface area contributed by atoms with E-state index in [0.29, 0.717) is 36.3 Å². The number of unbranched alkanes of at least 4 members (excludes halogenated alkanes) is 5. The first kappa shape index (κ1) is 31.3. The fourth-order valence-electron chi connectivity index (χ4n) is 3.88. The Labute approximate surface area is 226 Å². The van der Waals surface area contributed by atoms with Crippen molar-refractivity contribution in [1.82, 2.24) is 0 Å². The number of carbonyl (C=O) groups is 1. The van der Waals surface area contributed by atoms with Crippen LogP contribution in [0.5, 0.6) is 11.5 Å². The van der Waals surface area contributed by atoms with E-state index in [1.54, 1.807) is 19.1 Å². The van der Waals surface area contributed by atoms with Crippen LogP contribution in [0.25, 0.3) is 11.1 Å². The van der Waals surface area contributed by atoms with Crippen LogP contribution in [-0.2, 0) is 16.0 Å². The number of hydrogen-bond acceptors (Lipinski definition) is 6. The molecule has 2 rings (SSSR count). The smallest absolute Gasteiger partial charge is 0.333 e. The van der Waals surface area contributed by atoms with E-state index in [-0.39, 0.29) is 32.2 Å². The van der Waals surface area contributed by atoms with E-state index in [1.165, 1.54) is 31.7 Å². The lowest BCUT2D eigenvalue weighted by atomic mass is 9.99. The van der Waals surface area contributed by atoms with Crippen molar-refractivity contribution >= 4 is 5.97 Å². The summed E-state index contributed by atoms with van der Waals surface area (Å²) in [4.78, 5) is 11.7. The van der Waals surface area contributed by atoms with E-state index in [2.05, 4.69) is 13.5 Å². The lowest BCUT2D eigenvalue weighted by Crippen LogP contribution is -2.20. The van der Waals surface area contributed by atoms with Crippen LogP contribution in [-0.4, -0.2) is 49.2 Å². The van der Waals surface area contributed by atoms with Gasteiger partial charge in [0.2, 0.25) is 0 Å². The fourth-order valence-corrected chi connectivity index (χ4v) is 3.88. The van der Waals surface area contributed by atoms with Crippen LogP contribution in [0.2, 0.25) is 0 Å². The van der Waals surface area contributed by atoms with Gasteiger partial charge in [-0.05, 0) is 67.1 Å². The van der Waals surface area contributed by atoms with Gasteiger partial charge in [-0.25, -0.2) is 9.18 Å². The van der Waals surface area contributed by atoms with Crippen molar-refractivity contribution in [1.29, 1.82) is 0 Å². The molecule has 0 saturated heterocycles. The molecule has 0 bridgehead atoms. The molecule has 0 atom stereocenters. The van der Waals surface area contributed by atoms with E-state index < -0.39 is 17.7 Å². The molecule has 2 aromatic carbocycles. The summed E-state index contributed by atoms with van der Waals surface area (Å²) in [5.74, 6) is -0.377. The zero-order valence-corrected chi connectivity index (χ0v) is 22.8. The number of halogens is 1. The van der Waals surface area contributed by atoms with Gasteiger partial charge in [-0.1, -0.05) is 57.7 Å². The fraction of sp³-hybridized carbons (Fsp3) is 0.516. The Morgan fingerprint density at radius 2 is 1.55 bits per heavy atom. The summed E-state index contributed by atoms with van der Waals surface area (Å²) in [6.45, 7) is 7.87. The second-order valence-electron chi connectivity index (χ2n) is 9.65. The first-order valence-electron chi connectivity index (χ1n) is 13.6. The maximum absolute atomic E-state index is 14.8. The topological polar surface area (TPSA) is 85.2 Å². The predicted octanol–water partition coefficient (Wildman–Crippen LogP) is 6.26. The molecule has 0 saturated carbocycles. The van der Waals surface area contributed by atoms with Crippen molar-refractivity contribution in [3.8, 4) is 22.6 Å². The maximum atomic E-state index is 14.8. The van der Waals surface area contributed by atoms with E-state index in [9.17, 15) is 19.4 Å². The molecule has 0 fully saturated rings. The minimum absolute atomic E-state index is 0.156. The number of benzene rings is 2. The number of hydrogen-bond donors (Lipinski definition) is 2. The second kappa shape index (κ2) is 17.6. The van der Waals surface area contributed by atoms with Crippen molar-refractivity contribution in [3.63, 3.8) is 0 Å². The zero-order chi connectivity index (χ0) is 27.8. The number of carbonyl (C=O) groups excluding carboxylic acids is 1. The quantitative estimate of drug-likeness (QED) is 0.127. The third kappa shape index (κ3) is 10.8. The Morgan fingerprint density at radius 3 is 2.21 bits per heavy atom. The molecule has 210 valence electrons. The monoisotopic (exact) mass is 530 g/mol. The molecule has 2 N–H and O–H groups in total. The number of aryl methyl sites for hydroxylation is 1. The van der Waals surface area contributed by atoms with Crippen LogP contribution < -0.4 is 9.47 Å². The van der Waals surface area contributed by atoms with Gasteiger partial charge in [-0.15, -0.1) is 0 Å². The molecule has 0 amide bonds. The standard InChI is InChI=1S/C31H43FO6/c1-4-5-6-7-8-9-16-36-30-15-13-26(19-28(30)32)25-12-14-29(38-22-24(20-33)21-34)27(18-25)11-10-17-37-31(35)23(2)3/h12-15,18-19,24,33-34H,2,4-11,16-17,20-22H2,1,3H3. The lowest BCUT2D eigenvalue weighted by molar-refractivity contribution is -0.139. The van der Waals surface area contributed by atoms with Gasteiger partial charge in [0.05, 0.1) is 33.0 Å². The molecule has 0 radical (unpaired) electrons. The molecular formula is C31H43FO6. The summed E-state index contributed by atoms with van der Waals surface area (Å²) >= 11 is 0. The molecular weight excluding hydrogens is 487 g/mol. The highest BCUT2D eigenvalue weighted by atomic mass is 19.1. The van der Waals surface area contributed by atoms with Crippen LogP contribution >= 0.6 is 0 Å². The van der Waals surface area contributed by atoms with Crippen LogP contribution in [0, 0.1) is 11.7 Å². The van der Waals surface area contributed by atoms with Gasteiger partial charge < -0.3 is 24.4 Å². The highest BCUT2D eigenvalue weighted by molar-refractivity contribution is 5.86. The molecule has 6 nitrogen and oxygen atoms in total. The Bertz CT molecular complexity index is 1000. The summed E-state index contributed by atoms with van der Waals surface area (Å²) in [7, 11) is 0. The van der Waals surface area contributed by atoms with E-state index in [0.717, 1.165) is 24.0 Å². The molecule has 7 heteroatoms. The van der Waals surface area contributed by atoms with Gasteiger partial charge in [-0.2, -0.15) is 0 Å². The van der Waals surface area contributed by atoms with Crippen molar-refractivity contribution in [2.45, 2.75) is 65.2 Å². The average Bonchev–Trinajstić information content (AvgIpc) is 2.92. The van der Waals surface area contributed by atoms with Crippen molar-refractivity contribution in [2.24, 2.45) is 5.92 Å². The Balaban J connectivity index is 2.08. The summed E-state index contributed by atoms with van der Waals surface area (Å²) in [5, 5.41) is 18.7. The second-order valence-corrected chi connectivity index (χ2v) is 9.65. The van der Waals surface area contributed by atoms with Gasteiger partial charge in [0.15, 0.2) is 11.6 Å². The number of aliphatic hydroxyl groups excluding tert-OH is 2. The normalized spacial score (nSPS) is 11.0. The van der Waals surface area contributed by atoms with Gasteiger partial charge >= 0.3 is 5.97 Å². The first-order chi connectivity index (χ1) is 18.4. The minimum Gasteiger partial charge on any atom is -0.493 e. The maximum Gasteiger partial charge on any atom is 0.333 e. The zero-order valence-electron chi connectivity index (χ0n) is 22.8. The summed E-state index contributed by atoms with van der Waals surface area (Å²) in [6.07, 6.45) is 7.97. The number of aliphatic hydroxyl groups is 2. The number of ether oxygens (including phenoxy) is 3. The van der Waals surface area contributed by atoms with Crippen molar-refractivity contribution < 1.29 is 33.6 Å². The number of esters is 1. The molecule has 0 aliphatic rings. The summed E-state index contributed by atoms with van der Waals surface area (Å²) in [5.41, 5.74) is 2.72. The minimum atomic E-state index is -0.432. The Morgan fingerprint density at radius 1 is 0.895 bits per heavy atom. The molecule has 0 unspecified atom stereocenters. The molecule has 0 aliphatic heterocycles. The molecule has 0 heterocycles. The Kier molecular flexibility index (Phi) is 14.5. The molecule has 2 aromatic rings. The van der Waals surface area contributed by atoms with Gasteiger partial charge in [-0.3, -0.25) is 0 Å². The molecule has 0 spiro atoms. The van der Waals surface area contributed by atoms with Crippen molar-refractivity contribution in [3.05, 3.63) is 59.9 Å². The molecule has 0 aliphatic carbocycles. The summed E-state index contributed by atoms with van der Waals surface area (Å²) in [6, 6.07) is 10.5. The van der Waals surface area contributed by atoms with Gasteiger partial charge in [0.1, 0.15) is 5.75 Å². The molecule has 38 heavy (non-hydrogen) atoms. The largest absolute Gasteiger partial charge is 0.493 e. The Hall–Kier alpha value is -2.90. The highest BCUT2D eigenvalue weighted by Crippen LogP contribution is 2.31. The first-order valence-corrected chi connectivity index (χ1v) is 13.6. The average molecular weight is 531 g/mol. The van der Waals surface area contributed by atoms with Crippen molar-refractivity contribution in [2.75, 3.05) is 33.0 Å².